The van der Waals surface area contributed by atoms with Gasteiger partial charge in [0.2, 0.25) is 0 Å². The van der Waals surface area contributed by atoms with E-state index in [4.69, 9.17) is 5.11 Å². The van der Waals surface area contributed by atoms with Gasteiger partial charge in [-0.3, -0.25) is 4.90 Å². The van der Waals surface area contributed by atoms with Crippen molar-refractivity contribution in [2.75, 3.05) is 11.9 Å². The Bertz CT molecular complexity index is 296. The molecule has 1 N–H and O–H groups in total. The summed E-state index contributed by atoms with van der Waals surface area (Å²) < 4.78 is 0. The predicted molar refractivity (Wildman–Crippen MR) is 47.6 cm³/mol. The first-order chi connectivity index (χ1) is 5.63. The summed E-state index contributed by atoms with van der Waals surface area (Å²) in [6.07, 6.45) is -0.940. The highest BCUT2D eigenvalue weighted by molar-refractivity contribution is 5.86. The van der Waals surface area contributed by atoms with Crippen LogP contribution in [0, 0.1) is 6.92 Å². The third-order valence-corrected chi connectivity index (χ3v) is 1.76. The normalized spacial score (nSPS) is 9.50. The van der Waals surface area contributed by atoms with Crippen molar-refractivity contribution in [3.63, 3.8) is 0 Å². The average Bonchev–Trinajstić information content (AvgIpc) is 2.04. The lowest BCUT2D eigenvalue weighted by molar-refractivity contribution is 0.203. The number of para-hydroxylation sites is 1. The third kappa shape index (κ3) is 1.56. The van der Waals surface area contributed by atoms with Gasteiger partial charge in [0.15, 0.2) is 0 Å². The number of hydrogen-bond acceptors (Lipinski definition) is 1. The molecule has 3 nitrogen and oxygen atoms in total. The summed E-state index contributed by atoms with van der Waals surface area (Å²) in [5.41, 5.74) is 1.69. The Morgan fingerprint density at radius 1 is 1.42 bits per heavy atom. The van der Waals surface area contributed by atoms with Crippen LogP contribution in [-0.4, -0.2) is 18.2 Å². The fraction of sp³-hybridized carbons (Fsp3) is 0.222. The summed E-state index contributed by atoms with van der Waals surface area (Å²) in [7, 11) is 1.53. The zero-order valence-electron chi connectivity index (χ0n) is 7.11. The molecule has 12 heavy (non-hydrogen) atoms. The standard InChI is InChI=1S/C9H11NO2/c1-7-5-3-4-6-8(7)10(2)9(11)12/h3-6H,1-2H3,(H,11,12). The summed E-state index contributed by atoms with van der Waals surface area (Å²) in [5.74, 6) is 0. The van der Waals surface area contributed by atoms with Crippen LogP contribution in [0.3, 0.4) is 0 Å². The lowest BCUT2D eigenvalue weighted by Crippen LogP contribution is -2.24. The van der Waals surface area contributed by atoms with Gasteiger partial charge in [-0.2, -0.15) is 0 Å². The number of carbonyl (C=O) groups is 1. The number of benzene rings is 1. The Kier molecular flexibility index (Phi) is 2.33. The lowest BCUT2D eigenvalue weighted by atomic mass is 10.2. The molecule has 0 atom stereocenters. The van der Waals surface area contributed by atoms with Gasteiger partial charge in [0.25, 0.3) is 0 Å². The average molecular weight is 165 g/mol. The molecule has 0 saturated heterocycles. The van der Waals surface area contributed by atoms with E-state index in [2.05, 4.69) is 0 Å². The third-order valence-electron chi connectivity index (χ3n) is 1.76. The molecular formula is C9H11NO2. The fourth-order valence-corrected chi connectivity index (χ4v) is 1.04. The molecule has 0 aliphatic carbocycles. The van der Waals surface area contributed by atoms with Gasteiger partial charge >= 0.3 is 6.09 Å². The van der Waals surface area contributed by atoms with E-state index >= 15 is 0 Å². The minimum Gasteiger partial charge on any atom is -0.465 e. The van der Waals surface area contributed by atoms with Crippen LogP contribution in [-0.2, 0) is 0 Å². The highest BCUT2D eigenvalue weighted by atomic mass is 16.4. The molecule has 0 heterocycles. The predicted octanol–water partition coefficient (Wildman–Crippen LogP) is 2.11. The molecule has 0 bridgehead atoms. The molecule has 1 amide bonds. The number of anilines is 1. The summed E-state index contributed by atoms with van der Waals surface area (Å²) in [5, 5.41) is 8.69. The molecular weight excluding hydrogens is 154 g/mol. The highest BCUT2D eigenvalue weighted by Gasteiger charge is 2.09. The molecule has 0 spiro atoms. The number of amides is 1. The molecule has 64 valence electrons. The zero-order chi connectivity index (χ0) is 9.14. The smallest absolute Gasteiger partial charge is 0.411 e. The summed E-state index contributed by atoms with van der Waals surface area (Å²) in [4.78, 5) is 11.8. The van der Waals surface area contributed by atoms with Crippen LogP contribution in [0.15, 0.2) is 24.3 Å². The van der Waals surface area contributed by atoms with E-state index in [0.29, 0.717) is 0 Å². The second kappa shape index (κ2) is 3.26. The number of aryl methyl sites for hydroxylation is 1. The van der Waals surface area contributed by atoms with Gasteiger partial charge in [0.05, 0.1) is 0 Å². The number of rotatable bonds is 1. The SMILES string of the molecule is Cc1ccccc1N(C)C(=O)O. The van der Waals surface area contributed by atoms with Crippen molar-refractivity contribution in [3.8, 4) is 0 Å². The van der Waals surface area contributed by atoms with Crippen LogP contribution < -0.4 is 4.90 Å². The van der Waals surface area contributed by atoms with E-state index in [1.807, 2.05) is 25.1 Å². The highest BCUT2D eigenvalue weighted by Crippen LogP contribution is 2.17. The minimum atomic E-state index is -0.940. The minimum absolute atomic E-state index is 0.727. The Balaban J connectivity index is 3.02. The Morgan fingerprint density at radius 2 is 2.00 bits per heavy atom. The van der Waals surface area contributed by atoms with Crippen molar-refractivity contribution in [1.82, 2.24) is 0 Å². The van der Waals surface area contributed by atoms with Gasteiger partial charge in [-0.1, -0.05) is 18.2 Å². The van der Waals surface area contributed by atoms with E-state index in [0.717, 1.165) is 11.3 Å². The molecule has 0 saturated carbocycles. The van der Waals surface area contributed by atoms with Crippen LogP contribution in [0.5, 0.6) is 0 Å². The van der Waals surface area contributed by atoms with Gasteiger partial charge in [0.1, 0.15) is 0 Å². The molecule has 1 aromatic rings. The molecule has 0 fully saturated rings. The van der Waals surface area contributed by atoms with Gasteiger partial charge in [-0.15, -0.1) is 0 Å². The molecule has 0 unspecified atom stereocenters. The Morgan fingerprint density at radius 3 is 2.50 bits per heavy atom. The van der Waals surface area contributed by atoms with Crippen molar-refractivity contribution in [3.05, 3.63) is 29.8 Å². The number of hydrogen-bond donors (Lipinski definition) is 1. The molecule has 3 heteroatoms. The monoisotopic (exact) mass is 165 g/mol. The first kappa shape index (κ1) is 8.59. The van der Waals surface area contributed by atoms with E-state index in [9.17, 15) is 4.79 Å². The van der Waals surface area contributed by atoms with E-state index in [-0.39, 0.29) is 0 Å². The van der Waals surface area contributed by atoms with Crippen molar-refractivity contribution < 1.29 is 9.90 Å². The van der Waals surface area contributed by atoms with Crippen LogP contribution in [0.2, 0.25) is 0 Å². The zero-order valence-corrected chi connectivity index (χ0v) is 7.11. The van der Waals surface area contributed by atoms with E-state index < -0.39 is 6.09 Å². The van der Waals surface area contributed by atoms with Crippen LogP contribution >= 0.6 is 0 Å². The maximum absolute atomic E-state index is 10.6. The van der Waals surface area contributed by atoms with Crippen molar-refractivity contribution >= 4 is 11.8 Å². The Hall–Kier alpha value is -1.51. The largest absolute Gasteiger partial charge is 0.465 e. The van der Waals surface area contributed by atoms with Gasteiger partial charge in [-0.05, 0) is 18.6 Å². The maximum atomic E-state index is 10.6. The van der Waals surface area contributed by atoms with Crippen molar-refractivity contribution in [2.24, 2.45) is 0 Å². The molecule has 0 aromatic heterocycles. The summed E-state index contributed by atoms with van der Waals surface area (Å²) >= 11 is 0. The fourth-order valence-electron chi connectivity index (χ4n) is 1.04. The first-order valence-electron chi connectivity index (χ1n) is 3.65. The number of carboxylic acid groups (broad SMARTS) is 1. The summed E-state index contributed by atoms with van der Waals surface area (Å²) in [6.45, 7) is 1.88. The van der Waals surface area contributed by atoms with Crippen molar-refractivity contribution in [2.45, 2.75) is 6.92 Å². The first-order valence-corrected chi connectivity index (χ1v) is 3.65. The Labute approximate surface area is 71.2 Å². The van der Waals surface area contributed by atoms with Gasteiger partial charge < -0.3 is 5.11 Å². The molecule has 0 radical (unpaired) electrons. The lowest BCUT2D eigenvalue weighted by Gasteiger charge is -2.14. The van der Waals surface area contributed by atoms with Gasteiger partial charge in [-0.25, -0.2) is 4.79 Å². The molecule has 0 aliphatic heterocycles. The number of nitrogens with zero attached hydrogens (tertiary/aromatic N) is 1. The van der Waals surface area contributed by atoms with E-state index in [1.54, 1.807) is 6.07 Å². The molecule has 1 aromatic carbocycles. The second-order valence-corrected chi connectivity index (χ2v) is 2.63. The van der Waals surface area contributed by atoms with Crippen LogP contribution in [0.25, 0.3) is 0 Å². The van der Waals surface area contributed by atoms with Gasteiger partial charge in [0, 0.05) is 12.7 Å². The van der Waals surface area contributed by atoms with Crippen LogP contribution in [0.4, 0.5) is 10.5 Å². The molecule has 1 rings (SSSR count). The second-order valence-electron chi connectivity index (χ2n) is 2.63. The van der Waals surface area contributed by atoms with Crippen LogP contribution in [0.1, 0.15) is 5.56 Å². The summed E-state index contributed by atoms with van der Waals surface area (Å²) in [6, 6.07) is 7.37. The molecule has 0 aliphatic rings. The quantitative estimate of drug-likeness (QED) is 0.692. The topological polar surface area (TPSA) is 40.5 Å². The van der Waals surface area contributed by atoms with Crippen molar-refractivity contribution in [1.29, 1.82) is 0 Å². The maximum Gasteiger partial charge on any atom is 0.411 e. The van der Waals surface area contributed by atoms with E-state index in [1.165, 1.54) is 11.9 Å².